The van der Waals surface area contributed by atoms with Gasteiger partial charge in [-0.05, 0) is 0 Å². The van der Waals surface area contributed by atoms with E-state index in [9.17, 15) is 0 Å². The van der Waals surface area contributed by atoms with Gasteiger partial charge in [0.1, 0.15) is 0 Å². The van der Waals surface area contributed by atoms with Crippen molar-refractivity contribution in [2.24, 2.45) is 0 Å². The first-order chi connectivity index (χ1) is 3.83. The summed E-state index contributed by atoms with van der Waals surface area (Å²) in [5.74, 6) is 0. The third-order valence-corrected chi connectivity index (χ3v) is 1.94. The molecule has 0 aromatic rings. The number of hydrogen-bond acceptors (Lipinski definition) is 2. The zero-order valence-electron chi connectivity index (χ0n) is 4.54. The van der Waals surface area contributed by atoms with Gasteiger partial charge in [-0.1, -0.05) is 0 Å². The van der Waals surface area contributed by atoms with E-state index in [1.165, 1.54) is 0 Å². The molecule has 1 heterocycles. The second-order valence-corrected chi connectivity index (χ2v) is 3.39. The number of aliphatic hydroxyl groups is 1. The number of ether oxygens (including phenoxy) is 1. The Labute approximate surface area is 57.0 Å². The third kappa shape index (κ3) is 1.46. The molecule has 0 amide bonds. The number of hydrogen-bond donors (Lipinski definition) is 1. The van der Waals surface area contributed by atoms with E-state index >= 15 is 0 Å². The molecule has 1 radical (unpaired) electrons. The van der Waals surface area contributed by atoms with Crippen molar-refractivity contribution in [2.75, 3.05) is 13.2 Å². The molecule has 0 aliphatic carbocycles. The van der Waals surface area contributed by atoms with Crippen molar-refractivity contribution in [3.63, 3.8) is 0 Å². The van der Waals surface area contributed by atoms with Crippen LogP contribution < -0.4 is 0 Å². The van der Waals surface area contributed by atoms with Crippen LogP contribution in [-0.4, -0.2) is 40.4 Å². The summed E-state index contributed by atoms with van der Waals surface area (Å²) < 4.78 is 5.13. The predicted molar refractivity (Wildman–Crippen MR) is 30.9 cm³/mol. The second-order valence-electron chi connectivity index (χ2n) is 2.00. The van der Waals surface area contributed by atoms with E-state index in [1.807, 2.05) is 0 Å². The van der Waals surface area contributed by atoms with Gasteiger partial charge in [0.25, 0.3) is 0 Å². The molecule has 1 saturated heterocycles. The fourth-order valence-electron chi connectivity index (χ4n) is 0.800. The molecular formula is C5H9O2Se. The first kappa shape index (κ1) is 6.56. The minimum absolute atomic E-state index is 0.0984. The maximum atomic E-state index is 8.54. The van der Waals surface area contributed by atoms with Crippen molar-refractivity contribution in [3.05, 3.63) is 0 Å². The van der Waals surface area contributed by atoms with Crippen LogP contribution in [0.3, 0.4) is 0 Å². The average molecular weight is 180 g/mol. The Morgan fingerprint density at radius 3 is 2.75 bits per heavy atom. The summed E-state index contributed by atoms with van der Waals surface area (Å²) in [5.41, 5.74) is 0. The van der Waals surface area contributed by atoms with Gasteiger partial charge < -0.3 is 0 Å². The quantitative estimate of drug-likeness (QED) is 0.562. The van der Waals surface area contributed by atoms with Crippen LogP contribution in [0.15, 0.2) is 0 Å². The van der Waals surface area contributed by atoms with E-state index in [-0.39, 0.29) is 12.7 Å². The molecule has 2 atom stereocenters. The van der Waals surface area contributed by atoms with E-state index in [0.717, 1.165) is 13.0 Å². The van der Waals surface area contributed by atoms with Gasteiger partial charge in [0.05, 0.1) is 0 Å². The monoisotopic (exact) mass is 181 g/mol. The van der Waals surface area contributed by atoms with Gasteiger partial charge >= 0.3 is 56.4 Å². The molecule has 1 fully saturated rings. The summed E-state index contributed by atoms with van der Waals surface area (Å²) in [6.45, 7) is 0.934. The summed E-state index contributed by atoms with van der Waals surface area (Å²) in [5, 5.41) is 8.54. The van der Waals surface area contributed by atoms with Gasteiger partial charge in [0.15, 0.2) is 0 Å². The van der Waals surface area contributed by atoms with Crippen LogP contribution in [0, 0.1) is 0 Å². The zero-order valence-corrected chi connectivity index (χ0v) is 6.25. The van der Waals surface area contributed by atoms with Crippen molar-refractivity contribution in [2.45, 2.75) is 17.3 Å². The summed E-state index contributed by atoms with van der Waals surface area (Å²) in [6.07, 6.45) is 1.07. The topological polar surface area (TPSA) is 29.5 Å². The van der Waals surface area contributed by atoms with Crippen LogP contribution >= 0.6 is 0 Å². The molecule has 2 nitrogen and oxygen atoms in total. The van der Waals surface area contributed by atoms with E-state index < -0.39 is 0 Å². The summed E-state index contributed by atoms with van der Waals surface area (Å²) in [4.78, 5) is 0.521. The Hall–Kier alpha value is 0.439. The van der Waals surface area contributed by atoms with Gasteiger partial charge in [-0.25, -0.2) is 0 Å². The Morgan fingerprint density at radius 1 is 1.75 bits per heavy atom. The van der Waals surface area contributed by atoms with Gasteiger partial charge in [0, 0.05) is 0 Å². The van der Waals surface area contributed by atoms with Crippen LogP contribution in [0.25, 0.3) is 0 Å². The number of aliphatic hydroxyl groups excluding tert-OH is 1. The molecule has 0 bridgehead atoms. The Kier molecular flexibility index (Phi) is 2.32. The molecule has 0 saturated carbocycles. The molecule has 0 aromatic carbocycles. The molecule has 3 heteroatoms. The number of rotatable bonds is 1. The Morgan fingerprint density at radius 2 is 2.50 bits per heavy atom. The summed E-state index contributed by atoms with van der Waals surface area (Å²) in [6, 6.07) is 0. The predicted octanol–water partition coefficient (Wildman–Crippen LogP) is -0.275. The summed E-state index contributed by atoms with van der Waals surface area (Å²) >= 11 is 2.97. The molecule has 0 aromatic heterocycles. The molecule has 1 aliphatic rings. The van der Waals surface area contributed by atoms with Crippen molar-refractivity contribution in [1.29, 1.82) is 0 Å². The molecule has 1 aliphatic heterocycles. The first-order valence-corrected chi connectivity index (χ1v) is 3.70. The van der Waals surface area contributed by atoms with Gasteiger partial charge in [-0.15, -0.1) is 0 Å². The molecule has 8 heavy (non-hydrogen) atoms. The van der Waals surface area contributed by atoms with E-state index in [2.05, 4.69) is 16.0 Å². The fourth-order valence-corrected chi connectivity index (χ4v) is 1.42. The first-order valence-electron chi connectivity index (χ1n) is 2.71. The second kappa shape index (κ2) is 2.83. The fraction of sp³-hybridized carbons (Fsp3) is 1.00. The van der Waals surface area contributed by atoms with Crippen LogP contribution in [0.2, 0.25) is 4.82 Å². The van der Waals surface area contributed by atoms with Gasteiger partial charge in [-0.2, -0.15) is 0 Å². The van der Waals surface area contributed by atoms with Crippen LogP contribution in [0.4, 0.5) is 0 Å². The molecular weight excluding hydrogens is 171 g/mol. The molecule has 47 valence electrons. The van der Waals surface area contributed by atoms with E-state index in [4.69, 9.17) is 9.84 Å². The third-order valence-electron chi connectivity index (χ3n) is 1.25. The molecule has 1 N–H and O–H groups in total. The van der Waals surface area contributed by atoms with Crippen LogP contribution in [0.1, 0.15) is 6.42 Å². The van der Waals surface area contributed by atoms with E-state index in [0.29, 0.717) is 4.82 Å². The standard InChI is InChI=1S/C5H9O2Se/c6-2-4-1-5(8)3-7-4/h4-6H,1-3H2/t4-,5+/m0/s1. The van der Waals surface area contributed by atoms with Crippen molar-refractivity contribution in [3.8, 4) is 0 Å². The van der Waals surface area contributed by atoms with Gasteiger partial charge in [-0.3, -0.25) is 0 Å². The Bertz CT molecular complexity index is 76.8. The normalized spacial score (nSPS) is 38.2. The summed E-state index contributed by atoms with van der Waals surface area (Å²) in [7, 11) is 0. The molecule has 1 rings (SSSR count). The maximum absolute atomic E-state index is 8.54. The van der Waals surface area contributed by atoms with Crippen molar-refractivity contribution in [1.82, 2.24) is 0 Å². The Balaban J connectivity index is 2.22. The molecule has 0 unspecified atom stereocenters. The average Bonchev–Trinajstić information content (AvgIpc) is 2.14. The van der Waals surface area contributed by atoms with Crippen molar-refractivity contribution >= 4 is 16.0 Å². The van der Waals surface area contributed by atoms with Crippen molar-refractivity contribution < 1.29 is 9.84 Å². The van der Waals surface area contributed by atoms with E-state index in [1.54, 1.807) is 0 Å². The van der Waals surface area contributed by atoms with Crippen LogP contribution in [0.5, 0.6) is 0 Å². The van der Waals surface area contributed by atoms with Crippen LogP contribution in [-0.2, 0) is 4.74 Å². The molecule has 0 spiro atoms. The minimum atomic E-state index is 0.0984. The SMILES string of the molecule is OC[C@@H]1C[C@@H]([Se])CO1. The zero-order chi connectivity index (χ0) is 5.98. The van der Waals surface area contributed by atoms with Gasteiger partial charge in [0.2, 0.25) is 0 Å².